The third kappa shape index (κ3) is 7.00. The van der Waals surface area contributed by atoms with Crippen molar-refractivity contribution in [3.05, 3.63) is 188 Å². The number of hydrogen-bond acceptors (Lipinski definition) is 2. The molecular weight excluding hydrogens is 868 g/mol. The quantitative estimate of drug-likeness (QED) is 0.112. The number of hydrogen-bond donors (Lipinski definition) is 0. The minimum Gasteiger partial charge on any atom is -0.510 e. The SMILES string of the molecule is CC(c1ccnc(-n2c3[c-]c(Oc4[c-]c(-n5[c-][n+](-c6c(-c7ccccc7)cccc6-c6ccccc6)cc5)ccc4)ccc3c3ccccc32)c1)C(C)(C)C.[Pt]. The number of imidazole rings is 1. The van der Waals surface area contributed by atoms with E-state index in [1.807, 2.05) is 59.6 Å². The summed E-state index contributed by atoms with van der Waals surface area (Å²) in [6.45, 7) is 9.12. The van der Waals surface area contributed by atoms with Gasteiger partial charge in [0.2, 0.25) is 0 Å². The van der Waals surface area contributed by atoms with Gasteiger partial charge in [0, 0.05) is 56.7 Å². The molecule has 0 aliphatic rings. The van der Waals surface area contributed by atoms with Crippen LogP contribution in [0.15, 0.2) is 164 Å². The zero-order valence-corrected chi connectivity index (χ0v) is 34.0. The zero-order valence-electron chi connectivity index (χ0n) is 31.7. The molecule has 0 aliphatic carbocycles. The molecule has 5 nitrogen and oxygen atoms in total. The maximum absolute atomic E-state index is 6.51. The van der Waals surface area contributed by atoms with Crippen LogP contribution in [0.2, 0.25) is 0 Å². The van der Waals surface area contributed by atoms with E-state index >= 15 is 0 Å². The summed E-state index contributed by atoms with van der Waals surface area (Å²) >= 11 is 0. The van der Waals surface area contributed by atoms with Gasteiger partial charge in [-0.15, -0.1) is 29.7 Å². The van der Waals surface area contributed by atoms with E-state index in [1.165, 1.54) is 5.56 Å². The summed E-state index contributed by atoms with van der Waals surface area (Å²) in [6.07, 6.45) is 9.54. The minimum absolute atomic E-state index is 0. The van der Waals surface area contributed by atoms with Gasteiger partial charge in [0.15, 0.2) is 0 Å². The molecule has 278 valence electrons. The second kappa shape index (κ2) is 15.2. The van der Waals surface area contributed by atoms with E-state index in [-0.39, 0.29) is 26.5 Å². The predicted octanol–water partition coefficient (Wildman–Crippen LogP) is 11.9. The summed E-state index contributed by atoms with van der Waals surface area (Å²) in [5.74, 6) is 2.39. The van der Waals surface area contributed by atoms with Gasteiger partial charge in [0.05, 0.1) is 5.69 Å². The predicted molar refractivity (Wildman–Crippen MR) is 221 cm³/mol. The summed E-state index contributed by atoms with van der Waals surface area (Å²) in [7, 11) is 0. The van der Waals surface area contributed by atoms with Gasteiger partial charge >= 0.3 is 0 Å². The van der Waals surface area contributed by atoms with Crippen LogP contribution in [0.3, 0.4) is 0 Å². The van der Waals surface area contributed by atoms with Crippen molar-refractivity contribution in [2.45, 2.75) is 33.6 Å². The normalized spacial score (nSPS) is 12.1. The summed E-state index contributed by atoms with van der Waals surface area (Å²) in [5.41, 5.74) is 9.74. The topological polar surface area (TPSA) is 35.9 Å². The van der Waals surface area contributed by atoms with Crippen molar-refractivity contribution in [1.82, 2.24) is 14.1 Å². The fourth-order valence-corrected chi connectivity index (χ4v) is 7.33. The van der Waals surface area contributed by atoms with E-state index in [0.717, 1.165) is 61.3 Å². The van der Waals surface area contributed by atoms with Gasteiger partial charge in [0.25, 0.3) is 6.33 Å². The largest absolute Gasteiger partial charge is 0.510 e. The van der Waals surface area contributed by atoms with E-state index in [9.17, 15) is 0 Å². The number of fused-ring (bicyclic) bond motifs is 3. The van der Waals surface area contributed by atoms with Crippen LogP contribution < -0.4 is 9.30 Å². The van der Waals surface area contributed by atoms with Crippen molar-refractivity contribution in [2.75, 3.05) is 0 Å². The smallest absolute Gasteiger partial charge is 0.267 e. The Morgan fingerprint density at radius 1 is 0.679 bits per heavy atom. The molecule has 0 amide bonds. The van der Waals surface area contributed by atoms with Crippen molar-refractivity contribution in [2.24, 2.45) is 5.41 Å². The molecule has 6 heteroatoms. The molecule has 0 saturated heterocycles. The summed E-state index contributed by atoms with van der Waals surface area (Å²) < 4.78 is 12.7. The maximum atomic E-state index is 6.51. The number of benzene rings is 6. The van der Waals surface area contributed by atoms with E-state index in [2.05, 4.69) is 164 Å². The number of nitrogens with zero attached hydrogens (tertiary/aromatic N) is 4. The molecule has 0 fully saturated rings. The first-order valence-electron chi connectivity index (χ1n) is 18.7. The van der Waals surface area contributed by atoms with E-state index in [4.69, 9.17) is 9.72 Å². The Balaban J connectivity index is 0.00000441. The van der Waals surface area contributed by atoms with Crippen molar-refractivity contribution >= 4 is 21.8 Å². The Kier molecular flexibility index (Phi) is 10.1. The first-order valence-corrected chi connectivity index (χ1v) is 18.7. The van der Waals surface area contributed by atoms with E-state index < -0.39 is 0 Å². The second-order valence-electron chi connectivity index (χ2n) is 15.0. The number of pyridine rings is 1. The third-order valence-corrected chi connectivity index (χ3v) is 10.6. The summed E-state index contributed by atoms with van der Waals surface area (Å²) in [4.78, 5) is 4.86. The van der Waals surface area contributed by atoms with Crippen LogP contribution in [0, 0.1) is 23.9 Å². The molecule has 56 heavy (non-hydrogen) atoms. The second-order valence-corrected chi connectivity index (χ2v) is 15.0. The van der Waals surface area contributed by atoms with Crippen molar-refractivity contribution < 1.29 is 30.4 Å². The van der Waals surface area contributed by atoms with Gasteiger partial charge in [0.1, 0.15) is 5.82 Å². The van der Waals surface area contributed by atoms with Crippen LogP contribution in [0.5, 0.6) is 11.5 Å². The average molecular weight is 908 g/mol. The Hall–Kier alpha value is -6.03. The molecule has 0 N–H and O–H groups in total. The van der Waals surface area contributed by atoms with E-state index in [1.54, 1.807) is 0 Å². The molecule has 9 rings (SSSR count). The van der Waals surface area contributed by atoms with Gasteiger partial charge in [-0.3, -0.25) is 4.57 Å². The molecule has 1 atom stereocenters. The van der Waals surface area contributed by atoms with Crippen molar-refractivity contribution in [3.63, 3.8) is 0 Å². The molecular formula is C50H40N4OPt-2. The molecule has 0 radical (unpaired) electrons. The first-order chi connectivity index (χ1) is 26.8. The fourth-order valence-electron chi connectivity index (χ4n) is 7.33. The van der Waals surface area contributed by atoms with Crippen LogP contribution in [0.1, 0.15) is 39.2 Å². The molecule has 9 aromatic rings. The molecule has 0 bridgehead atoms. The number of rotatable bonds is 8. The summed E-state index contributed by atoms with van der Waals surface area (Å²) in [6, 6.07) is 57.3. The summed E-state index contributed by atoms with van der Waals surface area (Å²) in [5, 5.41) is 2.24. The van der Waals surface area contributed by atoms with Gasteiger partial charge in [-0.05, 0) is 68.4 Å². The van der Waals surface area contributed by atoms with Crippen LogP contribution in [0.4, 0.5) is 0 Å². The molecule has 3 heterocycles. The molecule has 0 saturated carbocycles. The van der Waals surface area contributed by atoms with Crippen LogP contribution in [-0.2, 0) is 21.1 Å². The van der Waals surface area contributed by atoms with Crippen LogP contribution in [-0.4, -0.2) is 14.1 Å². The molecule has 0 aliphatic heterocycles. The Labute approximate surface area is 342 Å². The first kappa shape index (κ1) is 36.9. The Morgan fingerprint density at radius 3 is 2.05 bits per heavy atom. The third-order valence-electron chi connectivity index (χ3n) is 10.6. The minimum atomic E-state index is 0. The van der Waals surface area contributed by atoms with Gasteiger partial charge in [-0.1, -0.05) is 130 Å². The number of aromatic nitrogens is 4. The standard InChI is InChI=1S/C50H40N4O.Pt/c1-35(50(2,3)4)38-27-28-51-48(31-38)54-46-24-12-11-21-44(46)45-26-25-41(33-47(45)54)55-40-20-13-19-39(32-40)52-29-30-53(34-52)49-42(36-15-7-5-8-16-36)22-14-23-43(49)37-17-9-6-10-18-37;/h5-31,35H,1-4H3;/q-2;. The molecule has 6 aromatic carbocycles. The monoisotopic (exact) mass is 907 g/mol. The van der Waals surface area contributed by atoms with Crippen molar-refractivity contribution in [3.8, 4) is 50.9 Å². The number of ether oxygens (including phenoxy) is 1. The zero-order chi connectivity index (χ0) is 37.5. The fraction of sp³-hybridized carbons (Fsp3) is 0.120. The average Bonchev–Trinajstić information content (AvgIpc) is 3.84. The van der Waals surface area contributed by atoms with E-state index in [0.29, 0.717) is 17.4 Å². The van der Waals surface area contributed by atoms with Gasteiger partial charge < -0.3 is 13.9 Å². The molecule has 3 aromatic heterocycles. The van der Waals surface area contributed by atoms with Crippen LogP contribution >= 0.6 is 0 Å². The van der Waals surface area contributed by atoms with Crippen LogP contribution in [0.25, 0.3) is 61.3 Å². The molecule has 0 spiro atoms. The van der Waals surface area contributed by atoms with Gasteiger partial charge in [-0.2, -0.15) is 18.2 Å². The van der Waals surface area contributed by atoms with Gasteiger partial charge in [-0.25, -0.2) is 4.98 Å². The number of para-hydroxylation sites is 2. The Morgan fingerprint density at radius 2 is 1.34 bits per heavy atom. The maximum Gasteiger partial charge on any atom is 0.267 e. The Bertz CT molecular complexity index is 2740. The molecule has 1 unspecified atom stereocenters. The van der Waals surface area contributed by atoms with Crippen molar-refractivity contribution in [1.29, 1.82) is 0 Å².